The van der Waals surface area contributed by atoms with E-state index in [9.17, 15) is 9.59 Å². The predicted molar refractivity (Wildman–Crippen MR) is 58.6 cm³/mol. The lowest BCUT2D eigenvalue weighted by Gasteiger charge is -2.00. The zero-order valence-electron chi connectivity index (χ0n) is 9.28. The van der Waals surface area contributed by atoms with Crippen molar-refractivity contribution >= 4 is 11.7 Å². The van der Waals surface area contributed by atoms with E-state index in [1.807, 2.05) is 13.8 Å². The van der Waals surface area contributed by atoms with E-state index >= 15 is 0 Å². The van der Waals surface area contributed by atoms with Crippen LogP contribution in [0.15, 0.2) is 24.4 Å². The highest BCUT2D eigenvalue weighted by atomic mass is 16.2. The Morgan fingerprint density at radius 1 is 1.33 bits per heavy atom. The Balaban J connectivity index is 0.000000921. The van der Waals surface area contributed by atoms with Gasteiger partial charge in [-0.3, -0.25) is 14.6 Å². The van der Waals surface area contributed by atoms with Gasteiger partial charge in [-0.25, -0.2) is 0 Å². The van der Waals surface area contributed by atoms with Crippen molar-refractivity contribution in [2.75, 3.05) is 6.54 Å². The summed E-state index contributed by atoms with van der Waals surface area (Å²) in [5, 5.41) is 2.45. The van der Waals surface area contributed by atoms with Gasteiger partial charge in [-0.2, -0.15) is 0 Å². The minimum absolute atomic E-state index is 0.0510. The largest absolute Gasteiger partial charge is 0.344 e. The van der Waals surface area contributed by atoms with Gasteiger partial charge in [-0.15, -0.1) is 0 Å². The Bertz CT molecular complexity index is 310. The van der Waals surface area contributed by atoms with Gasteiger partial charge in [0.05, 0.1) is 6.54 Å². The third-order valence-corrected chi connectivity index (χ3v) is 1.40. The van der Waals surface area contributed by atoms with Crippen LogP contribution >= 0.6 is 0 Å². The number of rotatable bonds is 3. The topological polar surface area (TPSA) is 59.1 Å². The number of aromatic nitrogens is 1. The molecule has 0 aliphatic heterocycles. The van der Waals surface area contributed by atoms with E-state index in [-0.39, 0.29) is 18.2 Å². The van der Waals surface area contributed by atoms with Crippen LogP contribution in [0.2, 0.25) is 0 Å². The number of ketones is 1. The maximum atomic E-state index is 11.2. The first kappa shape index (κ1) is 13.3. The molecule has 0 atom stereocenters. The van der Waals surface area contributed by atoms with Crippen molar-refractivity contribution in [1.29, 1.82) is 0 Å². The molecular weight excluding hydrogens is 192 g/mol. The average molecular weight is 208 g/mol. The molecule has 15 heavy (non-hydrogen) atoms. The molecule has 0 bridgehead atoms. The summed E-state index contributed by atoms with van der Waals surface area (Å²) < 4.78 is 0. The van der Waals surface area contributed by atoms with Crippen LogP contribution < -0.4 is 5.32 Å². The fraction of sp³-hybridized carbons (Fsp3) is 0.364. The molecule has 0 saturated carbocycles. The molecule has 0 saturated heterocycles. The van der Waals surface area contributed by atoms with Crippen LogP contribution in [0.1, 0.15) is 31.3 Å². The quantitative estimate of drug-likeness (QED) is 0.817. The highest BCUT2D eigenvalue weighted by molar-refractivity contribution is 5.94. The number of carbonyl (C=O) groups is 2. The van der Waals surface area contributed by atoms with E-state index < -0.39 is 0 Å². The molecule has 0 fully saturated rings. The molecule has 0 aromatic carbocycles. The lowest BCUT2D eigenvalue weighted by Crippen LogP contribution is -2.28. The van der Waals surface area contributed by atoms with Crippen LogP contribution in [-0.2, 0) is 4.79 Å². The lowest BCUT2D eigenvalue weighted by molar-refractivity contribution is -0.116. The molecule has 1 aromatic heterocycles. The highest BCUT2D eigenvalue weighted by Gasteiger charge is 2.05. The van der Waals surface area contributed by atoms with Crippen molar-refractivity contribution in [3.8, 4) is 0 Å². The molecule has 1 aromatic rings. The van der Waals surface area contributed by atoms with Gasteiger partial charge in [-0.05, 0) is 19.1 Å². The van der Waals surface area contributed by atoms with Crippen LogP contribution in [0.25, 0.3) is 0 Å². The number of carbonyl (C=O) groups excluding carboxylic acids is 2. The fourth-order valence-electron chi connectivity index (χ4n) is 0.792. The Hall–Kier alpha value is -1.71. The number of pyridine rings is 1. The fourth-order valence-corrected chi connectivity index (χ4v) is 0.792. The van der Waals surface area contributed by atoms with Gasteiger partial charge in [-0.1, -0.05) is 19.9 Å². The van der Waals surface area contributed by atoms with Crippen molar-refractivity contribution in [3.05, 3.63) is 30.1 Å². The second-order valence-electron chi connectivity index (χ2n) is 2.60. The third kappa shape index (κ3) is 5.57. The van der Waals surface area contributed by atoms with Gasteiger partial charge >= 0.3 is 0 Å². The molecule has 1 amide bonds. The first-order valence-corrected chi connectivity index (χ1v) is 4.89. The van der Waals surface area contributed by atoms with E-state index in [4.69, 9.17) is 0 Å². The molecule has 82 valence electrons. The molecule has 0 aliphatic rings. The third-order valence-electron chi connectivity index (χ3n) is 1.40. The Morgan fingerprint density at radius 2 is 2.00 bits per heavy atom. The second-order valence-corrected chi connectivity index (χ2v) is 2.60. The maximum absolute atomic E-state index is 11.2. The smallest absolute Gasteiger partial charge is 0.270 e. The van der Waals surface area contributed by atoms with Crippen LogP contribution in [-0.4, -0.2) is 23.2 Å². The number of amides is 1. The van der Waals surface area contributed by atoms with Crippen molar-refractivity contribution in [2.24, 2.45) is 0 Å². The Kier molecular flexibility index (Phi) is 6.80. The molecule has 1 rings (SSSR count). The summed E-state index contributed by atoms with van der Waals surface area (Å²) in [6.07, 6.45) is 1.53. The number of nitrogens with one attached hydrogen (secondary N) is 1. The van der Waals surface area contributed by atoms with E-state index in [1.165, 1.54) is 13.1 Å². The molecule has 1 N–H and O–H groups in total. The second kappa shape index (κ2) is 7.67. The van der Waals surface area contributed by atoms with Gasteiger partial charge in [0.15, 0.2) is 0 Å². The van der Waals surface area contributed by atoms with Gasteiger partial charge in [0, 0.05) is 6.20 Å². The van der Waals surface area contributed by atoms with E-state index in [0.29, 0.717) is 5.69 Å². The van der Waals surface area contributed by atoms with Crippen LogP contribution in [0.3, 0.4) is 0 Å². The van der Waals surface area contributed by atoms with Gasteiger partial charge < -0.3 is 5.32 Å². The molecule has 0 unspecified atom stereocenters. The normalized spacial score (nSPS) is 8.47. The first-order chi connectivity index (χ1) is 7.20. The van der Waals surface area contributed by atoms with Crippen LogP contribution in [0.4, 0.5) is 0 Å². The number of hydrogen-bond acceptors (Lipinski definition) is 3. The molecule has 0 radical (unpaired) electrons. The maximum Gasteiger partial charge on any atom is 0.270 e. The SMILES string of the molecule is CC.CC(=O)CNC(=O)c1ccccn1. The lowest BCUT2D eigenvalue weighted by atomic mass is 10.3. The molecule has 4 heteroatoms. The van der Waals surface area contributed by atoms with Crippen molar-refractivity contribution in [1.82, 2.24) is 10.3 Å². The minimum Gasteiger partial charge on any atom is -0.344 e. The number of hydrogen-bond donors (Lipinski definition) is 1. The monoisotopic (exact) mass is 208 g/mol. The Labute approximate surface area is 89.7 Å². The summed E-state index contributed by atoms with van der Waals surface area (Å²) >= 11 is 0. The molecular formula is C11H16N2O2. The molecule has 4 nitrogen and oxygen atoms in total. The van der Waals surface area contributed by atoms with Crippen LogP contribution in [0, 0.1) is 0 Å². The van der Waals surface area contributed by atoms with Crippen molar-refractivity contribution in [3.63, 3.8) is 0 Å². The zero-order chi connectivity index (χ0) is 11.7. The van der Waals surface area contributed by atoms with Crippen LogP contribution in [0.5, 0.6) is 0 Å². The predicted octanol–water partition coefficient (Wildman–Crippen LogP) is 1.43. The summed E-state index contributed by atoms with van der Waals surface area (Å²) in [6.45, 7) is 5.47. The number of nitrogens with zero attached hydrogens (tertiary/aromatic N) is 1. The standard InChI is InChI=1S/C9H10N2O2.C2H6/c1-7(12)6-11-9(13)8-4-2-3-5-10-8;1-2/h2-5H,6H2,1H3,(H,11,13);1-2H3. The van der Waals surface area contributed by atoms with Gasteiger partial charge in [0.1, 0.15) is 11.5 Å². The minimum atomic E-state index is -0.323. The summed E-state index contributed by atoms with van der Waals surface area (Å²) in [5.41, 5.74) is 0.323. The summed E-state index contributed by atoms with van der Waals surface area (Å²) in [6, 6.07) is 5.03. The molecule has 0 aliphatic carbocycles. The Morgan fingerprint density at radius 3 is 2.47 bits per heavy atom. The van der Waals surface area contributed by atoms with Gasteiger partial charge in [0.2, 0.25) is 0 Å². The highest BCUT2D eigenvalue weighted by Crippen LogP contribution is 1.91. The average Bonchev–Trinajstić information content (AvgIpc) is 2.30. The van der Waals surface area contributed by atoms with Crippen molar-refractivity contribution in [2.45, 2.75) is 20.8 Å². The zero-order valence-corrected chi connectivity index (χ0v) is 9.28. The summed E-state index contributed by atoms with van der Waals surface area (Å²) in [5.74, 6) is -0.403. The molecule has 0 spiro atoms. The van der Waals surface area contributed by atoms with E-state index in [1.54, 1.807) is 18.2 Å². The molecule has 1 heterocycles. The van der Waals surface area contributed by atoms with Gasteiger partial charge in [0.25, 0.3) is 5.91 Å². The first-order valence-electron chi connectivity index (χ1n) is 4.89. The van der Waals surface area contributed by atoms with E-state index in [2.05, 4.69) is 10.3 Å². The van der Waals surface area contributed by atoms with E-state index in [0.717, 1.165) is 0 Å². The summed E-state index contributed by atoms with van der Waals surface area (Å²) in [7, 11) is 0. The van der Waals surface area contributed by atoms with Crippen molar-refractivity contribution < 1.29 is 9.59 Å². The summed E-state index contributed by atoms with van der Waals surface area (Å²) in [4.78, 5) is 25.6. The number of Topliss-reactive ketones (excluding diaryl/α,β-unsaturated/α-hetero) is 1.